The van der Waals surface area contributed by atoms with Gasteiger partial charge < -0.3 is 18.9 Å². The van der Waals surface area contributed by atoms with Gasteiger partial charge in [-0.15, -0.1) is 0 Å². The molecule has 0 bridgehead atoms. The van der Waals surface area contributed by atoms with Gasteiger partial charge in [-0.25, -0.2) is 15.0 Å². The Balaban J connectivity index is 0.00000165. The lowest BCUT2D eigenvalue weighted by molar-refractivity contribution is -0.140. The summed E-state index contributed by atoms with van der Waals surface area (Å²) in [5.74, 6) is 1.53. The van der Waals surface area contributed by atoms with Crippen LogP contribution in [-0.4, -0.2) is 50.1 Å². The number of methoxy groups -OCH3 is 2. The molecule has 0 atom stereocenters. The number of fused-ring (bicyclic) bond motifs is 1. The fraction of sp³-hybridized carbons (Fsp3) is 0.448. The van der Waals surface area contributed by atoms with Crippen molar-refractivity contribution >= 4 is 5.69 Å². The quantitative estimate of drug-likeness (QED) is 0.291. The van der Waals surface area contributed by atoms with Crippen LogP contribution in [0.1, 0.15) is 55.3 Å². The van der Waals surface area contributed by atoms with E-state index < -0.39 is 11.9 Å². The number of alkyl halides is 3. The third-order valence-corrected chi connectivity index (χ3v) is 7.44. The third-order valence-electron chi connectivity index (χ3n) is 7.44. The van der Waals surface area contributed by atoms with E-state index in [2.05, 4.69) is 19.9 Å². The van der Waals surface area contributed by atoms with E-state index >= 15 is 0 Å². The molecule has 1 aliphatic heterocycles. The highest BCUT2D eigenvalue weighted by Crippen LogP contribution is 2.47. The summed E-state index contributed by atoms with van der Waals surface area (Å²) in [7, 11) is 6.60. The number of ether oxygens (including phenoxy) is 2. The lowest BCUT2D eigenvalue weighted by Crippen LogP contribution is -2.31. The fourth-order valence-corrected chi connectivity index (χ4v) is 5.35. The molecule has 4 aromatic rings. The van der Waals surface area contributed by atoms with Crippen molar-refractivity contribution < 1.29 is 22.6 Å². The first-order valence-electron chi connectivity index (χ1n) is 13.7. The Morgan fingerprint density at radius 2 is 1.78 bits per heavy atom. The minimum Gasteiger partial charge on any atom is -0.496 e. The fourth-order valence-electron chi connectivity index (χ4n) is 5.35. The number of benzene rings is 1. The van der Waals surface area contributed by atoms with Gasteiger partial charge in [-0.1, -0.05) is 13.8 Å². The van der Waals surface area contributed by atoms with Crippen LogP contribution in [0, 0.1) is 0 Å². The van der Waals surface area contributed by atoms with Crippen LogP contribution in [0.4, 0.5) is 18.9 Å². The SMILES string of the molecule is CC.COc1cc(N2CCc3c(c(-c4c(OC)ncnc4C4CC4)nn3C)C2)ccc1-c1nc(C(F)(F)F)cn1C. The van der Waals surface area contributed by atoms with Gasteiger partial charge in [0.25, 0.3) is 0 Å². The molecule has 9 nitrogen and oxygen atoms in total. The molecular weight excluding hydrogens is 535 g/mol. The van der Waals surface area contributed by atoms with Crippen molar-refractivity contribution in [2.75, 3.05) is 25.7 Å². The van der Waals surface area contributed by atoms with Crippen LogP contribution in [0.25, 0.3) is 22.6 Å². The van der Waals surface area contributed by atoms with Crippen molar-refractivity contribution in [2.45, 2.75) is 51.7 Å². The van der Waals surface area contributed by atoms with E-state index in [1.807, 2.05) is 37.7 Å². The molecule has 0 saturated heterocycles. The van der Waals surface area contributed by atoms with Crippen molar-refractivity contribution in [2.24, 2.45) is 14.1 Å². The maximum absolute atomic E-state index is 13.2. The molecule has 3 aromatic heterocycles. The molecule has 0 unspecified atom stereocenters. The molecule has 12 heteroatoms. The predicted octanol–water partition coefficient (Wildman–Crippen LogP) is 5.78. The summed E-state index contributed by atoms with van der Waals surface area (Å²) in [6.45, 7) is 5.33. The molecule has 41 heavy (non-hydrogen) atoms. The van der Waals surface area contributed by atoms with Gasteiger partial charge in [0.1, 0.15) is 23.6 Å². The molecule has 0 spiro atoms. The van der Waals surface area contributed by atoms with Crippen LogP contribution < -0.4 is 14.4 Å². The summed E-state index contributed by atoms with van der Waals surface area (Å²) >= 11 is 0. The third kappa shape index (κ3) is 5.22. The number of hydrogen-bond donors (Lipinski definition) is 0. The topological polar surface area (TPSA) is 83.1 Å². The van der Waals surface area contributed by atoms with Crippen molar-refractivity contribution in [1.29, 1.82) is 0 Å². The van der Waals surface area contributed by atoms with Gasteiger partial charge in [0.15, 0.2) is 5.69 Å². The standard InChI is InChI=1S/C27H28F3N7O2.C2H6/c1-35-13-21(27(28,29)30)33-25(35)17-8-7-16(11-20(17)38-3)37-10-9-19-18(12-37)24(34-36(19)2)22-23(15-5-6-15)31-14-32-26(22)39-4;1-2/h7-8,11,13-15H,5-6,9-10,12H2,1-4H3;1-2H3. The Morgan fingerprint density at radius 1 is 1.02 bits per heavy atom. The zero-order valence-corrected chi connectivity index (χ0v) is 24.1. The first kappa shape index (κ1) is 28.4. The van der Waals surface area contributed by atoms with E-state index in [4.69, 9.17) is 14.6 Å². The summed E-state index contributed by atoms with van der Waals surface area (Å²) in [4.78, 5) is 15.0. The second kappa shape index (κ2) is 11.1. The molecule has 1 fully saturated rings. The lowest BCUT2D eigenvalue weighted by Gasteiger charge is -2.30. The van der Waals surface area contributed by atoms with Crippen LogP contribution in [0.15, 0.2) is 30.7 Å². The Labute approximate surface area is 237 Å². The van der Waals surface area contributed by atoms with Gasteiger partial charge in [0, 0.05) is 68.7 Å². The minimum absolute atomic E-state index is 0.185. The summed E-state index contributed by atoms with van der Waals surface area (Å²) in [5.41, 5.74) is 5.31. The monoisotopic (exact) mass is 569 g/mol. The molecule has 218 valence electrons. The zero-order chi connectivity index (χ0) is 29.5. The number of anilines is 1. The highest BCUT2D eigenvalue weighted by Gasteiger charge is 2.36. The summed E-state index contributed by atoms with van der Waals surface area (Å²) in [6.07, 6.45) is 0.941. The van der Waals surface area contributed by atoms with Gasteiger partial charge in [-0.05, 0) is 25.0 Å². The maximum Gasteiger partial charge on any atom is 0.434 e. The summed E-state index contributed by atoms with van der Waals surface area (Å²) in [6, 6.07) is 5.50. The number of nitrogens with zero attached hydrogens (tertiary/aromatic N) is 7. The average molecular weight is 570 g/mol. The van der Waals surface area contributed by atoms with E-state index in [-0.39, 0.29) is 5.82 Å². The number of aromatic nitrogens is 6. The van der Waals surface area contributed by atoms with Crippen molar-refractivity contribution in [3.8, 4) is 34.3 Å². The highest BCUT2D eigenvalue weighted by molar-refractivity contribution is 5.74. The number of hydrogen-bond acceptors (Lipinski definition) is 7. The van der Waals surface area contributed by atoms with Gasteiger partial charge >= 0.3 is 6.18 Å². The van der Waals surface area contributed by atoms with Crippen LogP contribution in [0.2, 0.25) is 0 Å². The van der Waals surface area contributed by atoms with Crippen LogP contribution in [0.3, 0.4) is 0 Å². The van der Waals surface area contributed by atoms with Crippen LogP contribution in [-0.2, 0) is 33.2 Å². The first-order chi connectivity index (χ1) is 19.7. The van der Waals surface area contributed by atoms with E-state index in [0.717, 1.165) is 65.9 Å². The molecule has 0 N–H and O–H groups in total. The number of rotatable bonds is 6. The van der Waals surface area contributed by atoms with Crippen molar-refractivity contribution in [3.05, 3.63) is 53.4 Å². The Kier molecular flexibility index (Phi) is 7.67. The molecule has 0 amide bonds. The van der Waals surface area contributed by atoms with Gasteiger partial charge in [-0.3, -0.25) is 4.68 Å². The Hall–Kier alpha value is -4.09. The first-order valence-corrected chi connectivity index (χ1v) is 13.7. The van der Waals surface area contributed by atoms with E-state index in [0.29, 0.717) is 29.7 Å². The van der Waals surface area contributed by atoms with E-state index in [1.54, 1.807) is 26.6 Å². The van der Waals surface area contributed by atoms with Gasteiger partial charge in [0.05, 0.1) is 31.0 Å². The van der Waals surface area contributed by atoms with Crippen molar-refractivity contribution in [1.82, 2.24) is 29.3 Å². The maximum atomic E-state index is 13.2. The number of halogens is 3. The summed E-state index contributed by atoms with van der Waals surface area (Å²) in [5, 5.41) is 4.89. The Bertz CT molecular complexity index is 1560. The summed E-state index contributed by atoms with van der Waals surface area (Å²) < 4.78 is 54.3. The van der Waals surface area contributed by atoms with Gasteiger partial charge in [0.2, 0.25) is 5.88 Å². The van der Waals surface area contributed by atoms with E-state index in [1.165, 1.54) is 11.7 Å². The number of aryl methyl sites for hydroxylation is 2. The lowest BCUT2D eigenvalue weighted by atomic mass is 9.98. The predicted molar refractivity (Wildman–Crippen MR) is 149 cm³/mol. The number of imidazole rings is 1. The van der Waals surface area contributed by atoms with Crippen molar-refractivity contribution in [3.63, 3.8) is 0 Å². The van der Waals surface area contributed by atoms with Crippen LogP contribution >= 0.6 is 0 Å². The normalized spacial score (nSPS) is 14.8. The second-order valence-corrected chi connectivity index (χ2v) is 9.93. The Morgan fingerprint density at radius 3 is 2.41 bits per heavy atom. The highest BCUT2D eigenvalue weighted by atomic mass is 19.4. The molecule has 6 rings (SSSR count). The molecule has 1 aromatic carbocycles. The zero-order valence-electron chi connectivity index (χ0n) is 24.1. The van der Waals surface area contributed by atoms with Crippen LogP contribution in [0.5, 0.6) is 11.6 Å². The largest absolute Gasteiger partial charge is 0.496 e. The molecule has 0 radical (unpaired) electrons. The average Bonchev–Trinajstić information content (AvgIpc) is 3.68. The molecule has 4 heterocycles. The van der Waals surface area contributed by atoms with E-state index in [9.17, 15) is 13.2 Å². The van der Waals surface area contributed by atoms with Gasteiger partial charge in [-0.2, -0.15) is 18.3 Å². The minimum atomic E-state index is -4.53. The molecule has 1 aliphatic carbocycles. The smallest absolute Gasteiger partial charge is 0.434 e. The second-order valence-electron chi connectivity index (χ2n) is 9.93. The molecule has 2 aliphatic rings. The molecular formula is C29H34F3N7O2. The molecule has 1 saturated carbocycles.